The van der Waals surface area contributed by atoms with Crippen LogP contribution in [0.25, 0.3) is 6.08 Å². The van der Waals surface area contributed by atoms with E-state index in [-0.39, 0.29) is 5.91 Å². The second kappa shape index (κ2) is 7.11. The zero-order valence-electron chi connectivity index (χ0n) is 12.9. The van der Waals surface area contributed by atoms with Gasteiger partial charge in [-0.05, 0) is 30.5 Å². The highest BCUT2D eigenvalue weighted by atomic mass is 32.2. The van der Waals surface area contributed by atoms with Crippen LogP contribution < -0.4 is 0 Å². The Balaban J connectivity index is 1.71. The van der Waals surface area contributed by atoms with Gasteiger partial charge in [0.15, 0.2) is 0 Å². The van der Waals surface area contributed by atoms with Gasteiger partial charge in [0.1, 0.15) is 4.32 Å². The number of nitrogens with zero attached hydrogens (tertiary/aromatic N) is 1. The number of carbonyl (C=O) groups excluding carboxylic acids is 1. The van der Waals surface area contributed by atoms with Gasteiger partial charge >= 0.3 is 0 Å². The molecule has 0 aliphatic carbocycles. The summed E-state index contributed by atoms with van der Waals surface area (Å²) in [5.74, 6) is 0.0107. The standard InChI is InChI=1S/C19H17NOS2/c1-14-7-9-16(10-8-14)13-17-18(21)20(19(22)23-17)12-11-15-5-3-2-4-6-15/h2-10,13H,11-12H2,1H3/b17-13-. The van der Waals surface area contributed by atoms with Gasteiger partial charge in [0.05, 0.1) is 4.91 Å². The van der Waals surface area contributed by atoms with Crippen LogP contribution in [0.3, 0.4) is 0 Å². The first-order valence-electron chi connectivity index (χ1n) is 7.49. The maximum absolute atomic E-state index is 12.6. The smallest absolute Gasteiger partial charge is 0.266 e. The fourth-order valence-electron chi connectivity index (χ4n) is 2.39. The monoisotopic (exact) mass is 339 g/mol. The summed E-state index contributed by atoms with van der Waals surface area (Å²) >= 11 is 6.76. The van der Waals surface area contributed by atoms with Gasteiger partial charge in [0.2, 0.25) is 0 Å². The number of hydrogen-bond acceptors (Lipinski definition) is 3. The fraction of sp³-hybridized carbons (Fsp3) is 0.158. The minimum atomic E-state index is 0.0107. The molecule has 23 heavy (non-hydrogen) atoms. The molecule has 1 fully saturated rings. The Morgan fingerprint density at radius 2 is 1.78 bits per heavy atom. The van der Waals surface area contributed by atoms with Gasteiger partial charge in [-0.25, -0.2) is 0 Å². The summed E-state index contributed by atoms with van der Waals surface area (Å²) in [4.78, 5) is 15.0. The molecule has 1 saturated heterocycles. The molecule has 0 saturated carbocycles. The Kier molecular flexibility index (Phi) is 4.94. The average Bonchev–Trinajstić information content (AvgIpc) is 2.82. The molecule has 2 aromatic rings. The highest BCUT2D eigenvalue weighted by molar-refractivity contribution is 8.26. The zero-order chi connectivity index (χ0) is 16.2. The molecule has 1 heterocycles. The SMILES string of the molecule is Cc1ccc(/C=C2\SC(=S)N(CCc3ccccc3)C2=O)cc1. The predicted molar refractivity (Wildman–Crippen MR) is 101 cm³/mol. The number of benzene rings is 2. The molecule has 0 atom stereocenters. The van der Waals surface area contributed by atoms with Gasteiger partial charge in [-0.1, -0.05) is 84.1 Å². The van der Waals surface area contributed by atoms with Gasteiger partial charge in [-0.2, -0.15) is 0 Å². The molecule has 1 aliphatic heterocycles. The second-order valence-electron chi connectivity index (χ2n) is 5.48. The van der Waals surface area contributed by atoms with E-state index in [0.717, 1.165) is 12.0 Å². The van der Waals surface area contributed by atoms with Crippen molar-refractivity contribution in [1.82, 2.24) is 4.90 Å². The number of rotatable bonds is 4. The topological polar surface area (TPSA) is 20.3 Å². The highest BCUT2D eigenvalue weighted by Crippen LogP contribution is 2.32. The molecular weight excluding hydrogens is 322 g/mol. The molecular formula is C19H17NOS2. The van der Waals surface area contributed by atoms with E-state index < -0.39 is 0 Å². The van der Waals surface area contributed by atoms with Crippen LogP contribution in [0.1, 0.15) is 16.7 Å². The lowest BCUT2D eigenvalue weighted by Gasteiger charge is -2.14. The second-order valence-corrected chi connectivity index (χ2v) is 7.16. The summed E-state index contributed by atoms with van der Waals surface area (Å²) in [5, 5.41) is 0. The number of thioether (sulfide) groups is 1. The highest BCUT2D eigenvalue weighted by Gasteiger charge is 2.31. The predicted octanol–water partition coefficient (Wildman–Crippen LogP) is 4.44. The normalized spacial score (nSPS) is 16.4. The van der Waals surface area contributed by atoms with Crippen molar-refractivity contribution < 1.29 is 4.79 Å². The van der Waals surface area contributed by atoms with E-state index in [1.54, 1.807) is 4.90 Å². The van der Waals surface area contributed by atoms with Gasteiger partial charge < -0.3 is 0 Å². The number of amides is 1. The molecule has 1 amide bonds. The van der Waals surface area contributed by atoms with Crippen LogP contribution >= 0.6 is 24.0 Å². The molecule has 0 spiro atoms. The molecule has 0 N–H and O–H groups in total. The Bertz CT molecular complexity index is 751. The third kappa shape index (κ3) is 3.89. The molecule has 3 rings (SSSR count). The maximum Gasteiger partial charge on any atom is 0.266 e. The Morgan fingerprint density at radius 1 is 1.09 bits per heavy atom. The van der Waals surface area contributed by atoms with Crippen LogP contribution in [0, 0.1) is 6.92 Å². The summed E-state index contributed by atoms with van der Waals surface area (Å²) in [6.45, 7) is 2.67. The molecule has 0 aromatic heterocycles. The number of aryl methyl sites for hydroxylation is 1. The van der Waals surface area contributed by atoms with E-state index in [9.17, 15) is 4.79 Å². The van der Waals surface area contributed by atoms with Crippen molar-refractivity contribution in [3.8, 4) is 0 Å². The lowest BCUT2D eigenvalue weighted by molar-refractivity contribution is -0.122. The summed E-state index contributed by atoms with van der Waals surface area (Å²) in [5.41, 5.74) is 3.45. The van der Waals surface area contributed by atoms with Crippen molar-refractivity contribution in [3.63, 3.8) is 0 Å². The van der Waals surface area contributed by atoms with Gasteiger partial charge in [0, 0.05) is 6.54 Å². The lowest BCUT2D eigenvalue weighted by atomic mass is 10.1. The van der Waals surface area contributed by atoms with Gasteiger partial charge in [0.25, 0.3) is 5.91 Å². The summed E-state index contributed by atoms with van der Waals surface area (Å²) < 4.78 is 0.643. The first-order valence-corrected chi connectivity index (χ1v) is 8.72. The molecule has 0 bridgehead atoms. The van der Waals surface area contributed by atoms with Crippen molar-refractivity contribution in [1.29, 1.82) is 0 Å². The molecule has 0 radical (unpaired) electrons. The third-order valence-electron chi connectivity index (χ3n) is 3.72. The first-order chi connectivity index (χ1) is 11.1. The number of hydrogen-bond donors (Lipinski definition) is 0. The quantitative estimate of drug-likeness (QED) is 0.607. The van der Waals surface area contributed by atoms with E-state index in [1.807, 2.05) is 55.5 Å². The maximum atomic E-state index is 12.6. The number of thiocarbonyl (C=S) groups is 1. The Labute approximate surface area is 146 Å². The molecule has 2 aromatic carbocycles. The Hall–Kier alpha value is -1.91. The van der Waals surface area contributed by atoms with Crippen LogP contribution in [-0.2, 0) is 11.2 Å². The van der Waals surface area contributed by atoms with Gasteiger partial charge in [-0.3, -0.25) is 9.69 Å². The van der Waals surface area contributed by atoms with E-state index >= 15 is 0 Å². The van der Waals surface area contributed by atoms with Crippen LogP contribution in [0.5, 0.6) is 0 Å². The van der Waals surface area contributed by atoms with Crippen molar-refractivity contribution in [2.45, 2.75) is 13.3 Å². The van der Waals surface area contributed by atoms with Crippen LogP contribution in [-0.4, -0.2) is 21.7 Å². The summed E-state index contributed by atoms with van der Waals surface area (Å²) in [7, 11) is 0. The fourth-order valence-corrected chi connectivity index (χ4v) is 3.70. The average molecular weight is 339 g/mol. The van der Waals surface area contributed by atoms with Crippen molar-refractivity contribution in [3.05, 3.63) is 76.2 Å². The largest absolute Gasteiger partial charge is 0.293 e. The van der Waals surface area contributed by atoms with Crippen LogP contribution in [0.15, 0.2) is 59.5 Å². The zero-order valence-corrected chi connectivity index (χ0v) is 14.5. The van der Waals surface area contributed by atoms with E-state index in [0.29, 0.717) is 15.8 Å². The first kappa shape index (κ1) is 16.0. The van der Waals surface area contributed by atoms with Gasteiger partial charge in [-0.15, -0.1) is 0 Å². The molecule has 1 aliphatic rings. The molecule has 0 unspecified atom stereocenters. The minimum Gasteiger partial charge on any atom is -0.293 e. The summed E-state index contributed by atoms with van der Waals surface area (Å²) in [6.07, 6.45) is 2.73. The number of carbonyl (C=O) groups is 1. The molecule has 116 valence electrons. The van der Waals surface area contributed by atoms with Crippen molar-refractivity contribution in [2.24, 2.45) is 0 Å². The Morgan fingerprint density at radius 3 is 2.48 bits per heavy atom. The van der Waals surface area contributed by atoms with E-state index in [2.05, 4.69) is 12.1 Å². The van der Waals surface area contributed by atoms with Crippen molar-refractivity contribution in [2.75, 3.05) is 6.54 Å². The lowest BCUT2D eigenvalue weighted by Crippen LogP contribution is -2.30. The molecule has 2 nitrogen and oxygen atoms in total. The van der Waals surface area contributed by atoms with E-state index in [4.69, 9.17) is 12.2 Å². The third-order valence-corrected chi connectivity index (χ3v) is 5.09. The van der Waals surface area contributed by atoms with Crippen LogP contribution in [0.4, 0.5) is 0 Å². The van der Waals surface area contributed by atoms with E-state index in [1.165, 1.54) is 22.9 Å². The summed E-state index contributed by atoms with van der Waals surface area (Å²) in [6, 6.07) is 18.3. The van der Waals surface area contributed by atoms with Crippen molar-refractivity contribution >= 4 is 40.3 Å². The minimum absolute atomic E-state index is 0.0107. The van der Waals surface area contributed by atoms with Crippen LogP contribution in [0.2, 0.25) is 0 Å². The molecule has 4 heteroatoms.